The molecule has 0 heterocycles. The van der Waals surface area contributed by atoms with Crippen molar-refractivity contribution in [2.24, 2.45) is 5.92 Å². The van der Waals surface area contributed by atoms with E-state index in [0.29, 0.717) is 6.04 Å². The van der Waals surface area contributed by atoms with Crippen LogP contribution in [-0.2, 0) is 0 Å². The van der Waals surface area contributed by atoms with Gasteiger partial charge >= 0.3 is 0 Å². The zero-order valence-electron chi connectivity index (χ0n) is 12.3. The molecule has 0 aromatic heterocycles. The van der Waals surface area contributed by atoms with Gasteiger partial charge in [0.1, 0.15) is 5.75 Å². The molecule has 0 bridgehead atoms. The fourth-order valence-electron chi connectivity index (χ4n) is 2.39. The van der Waals surface area contributed by atoms with Crippen LogP contribution in [0.3, 0.4) is 0 Å². The number of hydrogen-bond donors (Lipinski definition) is 1. The van der Waals surface area contributed by atoms with Crippen molar-refractivity contribution < 1.29 is 4.74 Å². The van der Waals surface area contributed by atoms with Crippen LogP contribution in [-0.4, -0.2) is 13.2 Å². The van der Waals surface area contributed by atoms with Crippen molar-refractivity contribution in [3.8, 4) is 5.75 Å². The van der Waals surface area contributed by atoms with E-state index in [0.717, 1.165) is 31.2 Å². The van der Waals surface area contributed by atoms with Crippen LogP contribution in [0.15, 0.2) is 24.3 Å². The molecule has 1 aromatic rings. The van der Waals surface area contributed by atoms with E-state index in [1.54, 1.807) is 0 Å². The first kappa shape index (κ1) is 14.4. The van der Waals surface area contributed by atoms with Gasteiger partial charge in [0.25, 0.3) is 0 Å². The molecule has 1 fully saturated rings. The summed E-state index contributed by atoms with van der Waals surface area (Å²) < 4.78 is 5.72. The second-order valence-corrected chi connectivity index (χ2v) is 5.54. The quantitative estimate of drug-likeness (QED) is 0.669. The molecule has 2 heteroatoms. The minimum atomic E-state index is 0.546. The van der Waals surface area contributed by atoms with Gasteiger partial charge < -0.3 is 10.1 Å². The molecule has 0 amide bonds. The summed E-state index contributed by atoms with van der Waals surface area (Å²) >= 11 is 0. The summed E-state index contributed by atoms with van der Waals surface area (Å²) in [4.78, 5) is 0. The lowest BCUT2D eigenvalue weighted by molar-refractivity contribution is 0.309. The summed E-state index contributed by atoms with van der Waals surface area (Å²) in [5, 5.41) is 3.68. The number of benzene rings is 1. The predicted octanol–water partition coefficient (Wildman–Crippen LogP) is 4.32. The van der Waals surface area contributed by atoms with Gasteiger partial charge in [-0.15, -0.1) is 0 Å². The monoisotopic (exact) mass is 261 g/mol. The number of rotatable bonds is 9. The molecule has 1 aromatic carbocycles. The van der Waals surface area contributed by atoms with Crippen LogP contribution in [0, 0.1) is 5.92 Å². The van der Waals surface area contributed by atoms with Crippen LogP contribution in [0.25, 0.3) is 0 Å². The van der Waals surface area contributed by atoms with Crippen molar-refractivity contribution in [1.82, 2.24) is 5.32 Å². The van der Waals surface area contributed by atoms with Crippen molar-refractivity contribution in [2.75, 3.05) is 13.2 Å². The lowest BCUT2D eigenvalue weighted by Crippen LogP contribution is -2.23. The zero-order valence-corrected chi connectivity index (χ0v) is 12.3. The highest BCUT2D eigenvalue weighted by Crippen LogP contribution is 2.41. The minimum Gasteiger partial charge on any atom is -0.494 e. The number of hydrogen-bond acceptors (Lipinski definition) is 2. The second kappa shape index (κ2) is 7.54. The molecule has 0 spiro atoms. The van der Waals surface area contributed by atoms with Crippen molar-refractivity contribution in [1.29, 1.82) is 0 Å². The Kier molecular flexibility index (Phi) is 5.71. The van der Waals surface area contributed by atoms with Gasteiger partial charge in [-0.3, -0.25) is 0 Å². The van der Waals surface area contributed by atoms with E-state index in [-0.39, 0.29) is 0 Å². The maximum Gasteiger partial charge on any atom is 0.119 e. The molecular formula is C17H27NO. The standard InChI is InChI=1S/C17H27NO/c1-3-5-13-19-16-10-8-15(9-11-16)17(14-6-7-14)18-12-4-2/h8-11,14,17-18H,3-7,12-13H2,1-2H3. The van der Waals surface area contributed by atoms with E-state index in [2.05, 4.69) is 43.4 Å². The molecule has 19 heavy (non-hydrogen) atoms. The van der Waals surface area contributed by atoms with Gasteiger partial charge in [0.05, 0.1) is 6.61 Å². The van der Waals surface area contributed by atoms with Crippen LogP contribution < -0.4 is 10.1 Å². The largest absolute Gasteiger partial charge is 0.494 e. The molecule has 1 atom stereocenters. The van der Waals surface area contributed by atoms with E-state index >= 15 is 0 Å². The van der Waals surface area contributed by atoms with Gasteiger partial charge in [0.15, 0.2) is 0 Å². The molecule has 1 aliphatic rings. The van der Waals surface area contributed by atoms with Crippen LogP contribution in [0.2, 0.25) is 0 Å². The first-order chi connectivity index (χ1) is 9.35. The smallest absolute Gasteiger partial charge is 0.119 e. The SMILES string of the molecule is CCCCOc1ccc(C(NCCC)C2CC2)cc1. The fourth-order valence-corrected chi connectivity index (χ4v) is 2.39. The maximum atomic E-state index is 5.72. The molecular weight excluding hydrogens is 234 g/mol. The first-order valence-electron chi connectivity index (χ1n) is 7.81. The Morgan fingerprint density at radius 3 is 2.47 bits per heavy atom. The Morgan fingerprint density at radius 2 is 1.89 bits per heavy atom. The van der Waals surface area contributed by atoms with Crippen LogP contribution >= 0.6 is 0 Å². The molecule has 1 aliphatic carbocycles. The van der Waals surface area contributed by atoms with Crippen molar-refractivity contribution in [3.63, 3.8) is 0 Å². The Morgan fingerprint density at radius 1 is 1.16 bits per heavy atom. The van der Waals surface area contributed by atoms with Gasteiger partial charge in [0, 0.05) is 6.04 Å². The topological polar surface area (TPSA) is 21.3 Å². The highest BCUT2D eigenvalue weighted by Gasteiger charge is 2.31. The normalized spacial score (nSPS) is 16.3. The molecule has 0 aliphatic heterocycles. The van der Waals surface area contributed by atoms with E-state index in [1.165, 1.54) is 31.2 Å². The Balaban J connectivity index is 1.91. The van der Waals surface area contributed by atoms with E-state index in [1.807, 2.05) is 0 Å². The molecule has 1 saturated carbocycles. The molecule has 1 unspecified atom stereocenters. The third kappa shape index (κ3) is 4.54. The van der Waals surface area contributed by atoms with Crippen molar-refractivity contribution in [3.05, 3.63) is 29.8 Å². The predicted molar refractivity (Wildman–Crippen MR) is 80.6 cm³/mol. The third-order valence-corrected chi connectivity index (χ3v) is 3.71. The van der Waals surface area contributed by atoms with Gasteiger partial charge in [-0.25, -0.2) is 0 Å². The van der Waals surface area contributed by atoms with Crippen LogP contribution in [0.5, 0.6) is 5.75 Å². The first-order valence-corrected chi connectivity index (χ1v) is 7.81. The Hall–Kier alpha value is -1.02. The maximum absolute atomic E-state index is 5.72. The van der Waals surface area contributed by atoms with E-state index in [9.17, 15) is 0 Å². The average molecular weight is 261 g/mol. The molecule has 0 saturated heterocycles. The lowest BCUT2D eigenvalue weighted by Gasteiger charge is -2.19. The second-order valence-electron chi connectivity index (χ2n) is 5.54. The summed E-state index contributed by atoms with van der Waals surface area (Å²) in [6.07, 6.45) is 6.25. The summed E-state index contributed by atoms with van der Waals surface area (Å²) in [5.41, 5.74) is 1.42. The van der Waals surface area contributed by atoms with Crippen molar-refractivity contribution in [2.45, 2.75) is 52.0 Å². The minimum absolute atomic E-state index is 0.546. The lowest BCUT2D eigenvalue weighted by atomic mass is 10.0. The zero-order chi connectivity index (χ0) is 13.5. The summed E-state index contributed by atoms with van der Waals surface area (Å²) in [5.74, 6) is 1.85. The number of nitrogens with one attached hydrogen (secondary N) is 1. The Labute approximate surface area is 117 Å². The molecule has 2 nitrogen and oxygen atoms in total. The number of unbranched alkanes of at least 4 members (excludes halogenated alkanes) is 1. The Bertz CT molecular complexity index is 356. The fraction of sp³-hybridized carbons (Fsp3) is 0.647. The highest BCUT2D eigenvalue weighted by molar-refractivity contribution is 5.30. The third-order valence-electron chi connectivity index (χ3n) is 3.71. The number of ether oxygens (including phenoxy) is 1. The van der Waals surface area contributed by atoms with Crippen LogP contribution in [0.4, 0.5) is 0 Å². The summed E-state index contributed by atoms with van der Waals surface area (Å²) in [6.45, 7) is 6.35. The van der Waals surface area contributed by atoms with E-state index in [4.69, 9.17) is 4.74 Å². The summed E-state index contributed by atoms with van der Waals surface area (Å²) in [6, 6.07) is 9.24. The molecule has 2 rings (SSSR count). The molecule has 106 valence electrons. The van der Waals surface area contributed by atoms with Crippen LogP contribution in [0.1, 0.15) is 57.6 Å². The van der Waals surface area contributed by atoms with Gasteiger partial charge in [-0.05, 0) is 55.8 Å². The summed E-state index contributed by atoms with van der Waals surface area (Å²) in [7, 11) is 0. The highest BCUT2D eigenvalue weighted by atomic mass is 16.5. The van der Waals surface area contributed by atoms with E-state index < -0.39 is 0 Å². The molecule has 0 radical (unpaired) electrons. The van der Waals surface area contributed by atoms with Crippen molar-refractivity contribution >= 4 is 0 Å². The molecule has 1 N–H and O–H groups in total. The van der Waals surface area contributed by atoms with Gasteiger partial charge in [0.2, 0.25) is 0 Å². The van der Waals surface area contributed by atoms with Gasteiger partial charge in [-0.2, -0.15) is 0 Å². The average Bonchev–Trinajstić information content (AvgIpc) is 3.26. The van der Waals surface area contributed by atoms with Gasteiger partial charge in [-0.1, -0.05) is 32.4 Å².